The highest BCUT2D eigenvalue weighted by Crippen LogP contribution is 2.32. The van der Waals surface area contributed by atoms with Crippen LogP contribution >= 0.6 is 0 Å². The Morgan fingerprint density at radius 1 is 1.62 bits per heavy atom. The number of aliphatic hydroxyl groups is 1. The Balaban J connectivity index is 2.74. The number of aliphatic hydroxyl groups excluding tert-OH is 1. The molecule has 0 aliphatic heterocycles. The molecular formula is C9H12O4. The Bertz CT molecular complexity index is 254. The van der Waals surface area contributed by atoms with Crippen LogP contribution in [-0.4, -0.2) is 29.1 Å². The van der Waals surface area contributed by atoms with Gasteiger partial charge in [0, 0.05) is 0 Å². The summed E-state index contributed by atoms with van der Waals surface area (Å²) in [5, 5.41) is 17.4. The number of carboxylic acid groups (broad SMARTS) is 1. The molecule has 0 aromatic heterocycles. The van der Waals surface area contributed by atoms with E-state index in [4.69, 9.17) is 10.2 Å². The van der Waals surface area contributed by atoms with E-state index in [0.29, 0.717) is 30.3 Å². The summed E-state index contributed by atoms with van der Waals surface area (Å²) >= 11 is 0. The third-order valence-electron chi connectivity index (χ3n) is 2.38. The molecule has 1 aliphatic rings. The standard InChI is InChI=1S/C9H12O4/c10-4-7-2-1-6(3-9(12)13)8(7)5-11/h5-6,10H,1-4H2,(H,12,13). The summed E-state index contributed by atoms with van der Waals surface area (Å²) in [4.78, 5) is 21.0. The minimum Gasteiger partial charge on any atom is -0.481 e. The molecule has 1 aliphatic carbocycles. The fourth-order valence-electron chi connectivity index (χ4n) is 1.71. The van der Waals surface area contributed by atoms with Gasteiger partial charge in [-0.2, -0.15) is 0 Å². The highest BCUT2D eigenvalue weighted by atomic mass is 16.4. The van der Waals surface area contributed by atoms with E-state index in [2.05, 4.69) is 0 Å². The zero-order chi connectivity index (χ0) is 9.84. The molecule has 13 heavy (non-hydrogen) atoms. The van der Waals surface area contributed by atoms with Gasteiger partial charge in [0.25, 0.3) is 0 Å². The summed E-state index contributed by atoms with van der Waals surface area (Å²) in [5.74, 6) is -1.10. The van der Waals surface area contributed by atoms with Crippen LogP contribution in [0.1, 0.15) is 19.3 Å². The van der Waals surface area contributed by atoms with E-state index in [9.17, 15) is 9.59 Å². The first-order valence-electron chi connectivity index (χ1n) is 4.18. The van der Waals surface area contributed by atoms with E-state index < -0.39 is 5.97 Å². The number of aldehydes is 1. The zero-order valence-electron chi connectivity index (χ0n) is 7.19. The SMILES string of the molecule is O=CC1=C(CO)CCC1CC(=O)O. The third-order valence-corrected chi connectivity index (χ3v) is 2.38. The van der Waals surface area contributed by atoms with Gasteiger partial charge in [0.05, 0.1) is 13.0 Å². The van der Waals surface area contributed by atoms with E-state index in [1.54, 1.807) is 0 Å². The number of carbonyl (C=O) groups excluding carboxylic acids is 1. The highest BCUT2D eigenvalue weighted by molar-refractivity contribution is 5.79. The van der Waals surface area contributed by atoms with Crippen molar-refractivity contribution in [1.29, 1.82) is 0 Å². The lowest BCUT2D eigenvalue weighted by Crippen LogP contribution is -2.08. The quantitative estimate of drug-likeness (QED) is 0.618. The van der Waals surface area contributed by atoms with Gasteiger partial charge >= 0.3 is 5.97 Å². The molecule has 1 unspecified atom stereocenters. The average Bonchev–Trinajstić information content (AvgIpc) is 2.45. The first-order chi connectivity index (χ1) is 6.19. The average molecular weight is 184 g/mol. The molecule has 0 saturated heterocycles. The van der Waals surface area contributed by atoms with Crippen LogP contribution in [0.5, 0.6) is 0 Å². The smallest absolute Gasteiger partial charge is 0.303 e. The molecule has 0 fully saturated rings. The van der Waals surface area contributed by atoms with Crippen LogP contribution in [0.4, 0.5) is 0 Å². The predicted molar refractivity (Wildman–Crippen MR) is 45.2 cm³/mol. The molecule has 2 N–H and O–H groups in total. The van der Waals surface area contributed by atoms with Crippen molar-refractivity contribution in [3.63, 3.8) is 0 Å². The second kappa shape index (κ2) is 4.18. The molecule has 4 heteroatoms. The van der Waals surface area contributed by atoms with E-state index in [0.717, 1.165) is 0 Å². The number of allylic oxidation sites excluding steroid dienone is 1. The van der Waals surface area contributed by atoms with Gasteiger partial charge in [0.1, 0.15) is 6.29 Å². The Hall–Kier alpha value is -1.16. The molecule has 0 aromatic rings. The summed E-state index contributed by atoms with van der Waals surface area (Å²) in [6.07, 6.45) is 1.96. The largest absolute Gasteiger partial charge is 0.481 e. The second-order valence-corrected chi connectivity index (χ2v) is 3.17. The van der Waals surface area contributed by atoms with Crippen LogP contribution in [0.25, 0.3) is 0 Å². The Kier molecular flexibility index (Phi) is 3.19. The lowest BCUT2D eigenvalue weighted by atomic mass is 9.98. The normalized spacial score (nSPS) is 22.1. The van der Waals surface area contributed by atoms with Crippen molar-refractivity contribution in [3.05, 3.63) is 11.1 Å². The van der Waals surface area contributed by atoms with Crippen molar-refractivity contribution in [2.75, 3.05) is 6.61 Å². The molecule has 0 saturated carbocycles. The van der Waals surface area contributed by atoms with Crippen molar-refractivity contribution < 1.29 is 19.8 Å². The van der Waals surface area contributed by atoms with Gasteiger partial charge in [0.15, 0.2) is 0 Å². The first-order valence-corrected chi connectivity index (χ1v) is 4.18. The van der Waals surface area contributed by atoms with Crippen molar-refractivity contribution in [1.82, 2.24) is 0 Å². The minimum atomic E-state index is -0.900. The number of rotatable bonds is 4. The minimum absolute atomic E-state index is 0.0163. The van der Waals surface area contributed by atoms with E-state index in [-0.39, 0.29) is 18.9 Å². The van der Waals surface area contributed by atoms with Gasteiger partial charge in [-0.3, -0.25) is 9.59 Å². The molecule has 1 rings (SSSR count). The van der Waals surface area contributed by atoms with Crippen molar-refractivity contribution >= 4 is 12.3 Å². The molecule has 0 spiro atoms. The number of carboxylic acids is 1. The number of hydrogen-bond donors (Lipinski definition) is 2. The van der Waals surface area contributed by atoms with Gasteiger partial charge in [0.2, 0.25) is 0 Å². The van der Waals surface area contributed by atoms with Crippen LogP contribution < -0.4 is 0 Å². The molecule has 4 nitrogen and oxygen atoms in total. The molecule has 0 radical (unpaired) electrons. The molecule has 0 heterocycles. The summed E-state index contributed by atoms with van der Waals surface area (Å²) in [5.41, 5.74) is 1.19. The van der Waals surface area contributed by atoms with Crippen LogP contribution in [0.15, 0.2) is 11.1 Å². The van der Waals surface area contributed by atoms with Crippen molar-refractivity contribution in [3.8, 4) is 0 Å². The molecule has 0 bridgehead atoms. The van der Waals surface area contributed by atoms with Crippen LogP contribution in [0.3, 0.4) is 0 Å². The lowest BCUT2D eigenvalue weighted by molar-refractivity contribution is -0.137. The zero-order valence-corrected chi connectivity index (χ0v) is 7.19. The lowest BCUT2D eigenvalue weighted by Gasteiger charge is -2.06. The second-order valence-electron chi connectivity index (χ2n) is 3.17. The maximum Gasteiger partial charge on any atom is 0.303 e. The summed E-state index contributed by atoms with van der Waals surface area (Å²) in [6, 6.07) is 0. The van der Waals surface area contributed by atoms with Crippen LogP contribution in [-0.2, 0) is 9.59 Å². The molecule has 0 aromatic carbocycles. The van der Waals surface area contributed by atoms with Crippen LogP contribution in [0.2, 0.25) is 0 Å². The maximum atomic E-state index is 10.6. The van der Waals surface area contributed by atoms with E-state index in [1.807, 2.05) is 0 Å². The Morgan fingerprint density at radius 3 is 2.77 bits per heavy atom. The molecule has 1 atom stereocenters. The van der Waals surface area contributed by atoms with Gasteiger partial charge < -0.3 is 10.2 Å². The number of hydrogen-bond acceptors (Lipinski definition) is 3. The van der Waals surface area contributed by atoms with E-state index >= 15 is 0 Å². The van der Waals surface area contributed by atoms with Crippen molar-refractivity contribution in [2.45, 2.75) is 19.3 Å². The van der Waals surface area contributed by atoms with Gasteiger partial charge in [-0.05, 0) is 29.9 Å². The summed E-state index contributed by atoms with van der Waals surface area (Å²) < 4.78 is 0. The van der Waals surface area contributed by atoms with Crippen LogP contribution in [0, 0.1) is 5.92 Å². The molecule has 72 valence electrons. The highest BCUT2D eigenvalue weighted by Gasteiger charge is 2.26. The van der Waals surface area contributed by atoms with E-state index in [1.165, 1.54) is 0 Å². The number of carbonyl (C=O) groups is 2. The maximum absolute atomic E-state index is 10.6. The predicted octanol–water partition coefficient (Wildman–Crippen LogP) is 0.359. The Labute approximate surface area is 75.9 Å². The molecular weight excluding hydrogens is 172 g/mol. The summed E-state index contributed by atoms with van der Waals surface area (Å²) in [7, 11) is 0. The van der Waals surface area contributed by atoms with Crippen molar-refractivity contribution in [2.24, 2.45) is 5.92 Å². The third kappa shape index (κ3) is 2.15. The van der Waals surface area contributed by atoms with Gasteiger partial charge in [-0.15, -0.1) is 0 Å². The molecule has 0 amide bonds. The number of aliphatic carboxylic acids is 1. The monoisotopic (exact) mass is 184 g/mol. The van der Waals surface area contributed by atoms with Gasteiger partial charge in [-0.25, -0.2) is 0 Å². The fourth-order valence-corrected chi connectivity index (χ4v) is 1.71. The first kappa shape index (κ1) is 9.92. The Morgan fingerprint density at radius 2 is 2.31 bits per heavy atom. The summed E-state index contributed by atoms with van der Waals surface area (Å²) in [6.45, 7) is -0.135. The topological polar surface area (TPSA) is 74.6 Å². The van der Waals surface area contributed by atoms with Gasteiger partial charge in [-0.1, -0.05) is 0 Å². The fraction of sp³-hybridized carbons (Fsp3) is 0.556.